The fraction of sp³-hybridized carbons (Fsp3) is 0.368. The molecule has 5 nitrogen and oxygen atoms in total. The van der Waals surface area contributed by atoms with E-state index in [0.717, 1.165) is 12.1 Å². The van der Waals surface area contributed by atoms with Crippen molar-refractivity contribution in [3.8, 4) is 5.75 Å². The highest BCUT2D eigenvalue weighted by atomic mass is 35.5. The van der Waals surface area contributed by atoms with Gasteiger partial charge in [0.05, 0.1) is 12.7 Å². The highest BCUT2D eigenvalue weighted by Crippen LogP contribution is 2.36. The molecule has 2 atom stereocenters. The lowest BCUT2D eigenvalue weighted by molar-refractivity contribution is 0.0591. The number of fused-ring (bicyclic) bond motifs is 4. The molecule has 0 saturated carbocycles. The number of methoxy groups -OCH3 is 1. The molecule has 2 bridgehead atoms. The van der Waals surface area contributed by atoms with Crippen molar-refractivity contribution in [3.63, 3.8) is 0 Å². The van der Waals surface area contributed by atoms with Gasteiger partial charge in [-0.1, -0.05) is 17.7 Å². The van der Waals surface area contributed by atoms with Crippen molar-refractivity contribution >= 4 is 17.5 Å². The number of amides is 1. The summed E-state index contributed by atoms with van der Waals surface area (Å²) in [5.74, 6) is 0.943. The normalized spacial score (nSPS) is 21.6. The van der Waals surface area contributed by atoms with Gasteiger partial charge in [-0.3, -0.25) is 9.59 Å². The van der Waals surface area contributed by atoms with Gasteiger partial charge >= 0.3 is 0 Å². The highest BCUT2D eigenvalue weighted by Gasteiger charge is 2.37. The predicted octanol–water partition coefficient (Wildman–Crippen LogP) is 2.77. The lowest BCUT2D eigenvalue weighted by atomic mass is 9.83. The maximum atomic E-state index is 13.1. The molecule has 130 valence electrons. The van der Waals surface area contributed by atoms with Gasteiger partial charge in [0, 0.05) is 42.3 Å². The largest absolute Gasteiger partial charge is 0.496 e. The van der Waals surface area contributed by atoms with Crippen LogP contribution in [0.2, 0.25) is 5.02 Å². The van der Waals surface area contributed by atoms with E-state index >= 15 is 0 Å². The molecular weight excluding hydrogens is 340 g/mol. The van der Waals surface area contributed by atoms with E-state index in [2.05, 4.69) is 0 Å². The summed E-state index contributed by atoms with van der Waals surface area (Å²) in [5.41, 5.74) is 1.56. The molecule has 0 spiro atoms. The monoisotopic (exact) mass is 358 g/mol. The minimum atomic E-state index is -0.0687. The second-order valence-corrected chi connectivity index (χ2v) is 7.19. The molecule has 6 heteroatoms. The second-order valence-electron chi connectivity index (χ2n) is 6.75. The topological polar surface area (TPSA) is 51.5 Å². The van der Waals surface area contributed by atoms with Crippen molar-refractivity contribution in [2.75, 3.05) is 20.2 Å². The van der Waals surface area contributed by atoms with E-state index in [1.54, 1.807) is 37.4 Å². The molecule has 25 heavy (non-hydrogen) atoms. The van der Waals surface area contributed by atoms with Crippen LogP contribution in [0, 0.1) is 5.92 Å². The molecular formula is C19H19ClN2O3. The zero-order valence-electron chi connectivity index (χ0n) is 13.9. The lowest BCUT2D eigenvalue weighted by Gasteiger charge is -2.42. The number of likely N-dealkylation sites (tertiary alicyclic amines) is 1. The van der Waals surface area contributed by atoms with Gasteiger partial charge in [-0.2, -0.15) is 0 Å². The van der Waals surface area contributed by atoms with Crippen molar-refractivity contribution in [1.82, 2.24) is 9.47 Å². The van der Waals surface area contributed by atoms with E-state index in [1.807, 2.05) is 15.5 Å². The first-order chi connectivity index (χ1) is 12.1. The Morgan fingerprint density at radius 2 is 2.04 bits per heavy atom. The van der Waals surface area contributed by atoms with Crippen LogP contribution in [0.25, 0.3) is 0 Å². The zero-order chi connectivity index (χ0) is 17.6. The molecule has 1 aromatic heterocycles. The van der Waals surface area contributed by atoms with E-state index in [9.17, 15) is 9.59 Å². The molecule has 2 aliphatic rings. The van der Waals surface area contributed by atoms with Crippen LogP contribution in [-0.2, 0) is 6.54 Å². The van der Waals surface area contributed by atoms with Gasteiger partial charge in [0.15, 0.2) is 0 Å². The molecule has 0 N–H and O–H groups in total. The first kappa shape index (κ1) is 16.2. The third-order valence-corrected chi connectivity index (χ3v) is 5.39. The summed E-state index contributed by atoms with van der Waals surface area (Å²) in [7, 11) is 1.55. The number of carbonyl (C=O) groups is 1. The van der Waals surface area contributed by atoms with E-state index in [4.69, 9.17) is 16.3 Å². The summed E-state index contributed by atoms with van der Waals surface area (Å²) in [6, 6.07) is 10.5. The standard InChI is InChI=1S/C19H19ClN2O3/c1-25-17-6-5-14(20)8-15(17)19(24)21-9-12-7-13(11-21)16-3-2-4-18(23)22(16)10-12/h2-6,8,12-13H,7,9-11H2,1H3/t12-,13+/m1/s1. The molecule has 0 aliphatic carbocycles. The van der Waals surface area contributed by atoms with Crippen LogP contribution >= 0.6 is 11.6 Å². The quantitative estimate of drug-likeness (QED) is 0.829. The Labute approximate surface area is 150 Å². The molecule has 1 aromatic carbocycles. The Morgan fingerprint density at radius 3 is 2.84 bits per heavy atom. The van der Waals surface area contributed by atoms with Crippen LogP contribution in [0.5, 0.6) is 5.75 Å². The Hall–Kier alpha value is -2.27. The highest BCUT2D eigenvalue weighted by molar-refractivity contribution is 6.31. The Morgan fingerprint density at radius 1 is 1.20 bits per heavy atom. The molecule has 0 unspecified atom stereocenters. The molecule has 2 aliphatic heterocycles. The van der Waals surface area contributed by atoms with Gasteiger partial charge in [0.25, 0.3) is 11.5 Å². The average Bonchev–Trinajstić information content (AvgIpc) is 2.62. The van der Waals surface area contributed by atoms with Crippen molar-refractivity contribution < 1.29 is 9.53 Å². The summed E-state index contributed by atoms with van der Waals surface area (Å²) < 4.78 is 7.19. The number of pyridine rings is 1. The summed E-state index contributed by atoms with van der Waals surface area (Å²) in [5, 5.41) is 0.512. The van der Waals surface area contributed by atoms with Crippen LogP contribution in [0.1, 0.15) is 28.4 Å². The van der Waals surface area contributed by atoms with Crippen molar-refractivity contribution in [1.29, 1.82) is 0 Å². The molecule has 2 aromatic rings. The van der Waals surface area contributed by atoms with E-state index in [0.29, 0.717) is 41.9 Å². The summed E-state index contributed by atoms with van der Waals surface area (Å²) in [4.78, 5) is 27.0. The molecule has 1 fully saturated rings. The minimum Gasteiger partial charge on any atom is -0.496 e. The van der Waals surface area contributed by atoms with E-state index < -0.39 is 0 Å². The van der Waals surface area contributed by atoms with Gasteiger partial charge in [0.2, 0.25) is 0 Å². The molecule has 0 radical (unpaired) electrons. The van der Waals surface area contributed by atoms with Crippen LogP contribution in [0.15, 0.2) is 41.2 Å². The number of rotatable bonds is 2. The maximum Gasteiger partial charge on any atom is 0.257 e. The van der Waals surface area contributed by atoms with Crippen LogP contribution in [-0.4, -0.2) is 35.6 Å². The fourth-order valence-corrected chi connectivity index (χ4v) is 4.25. The van der Waals surface area contributed by atoms with Crippen molar-refractivity contribution in [3.05, 3.63) is 63.0 Å². The summed E-state index contributed by atoms with van der Waals surface area (Å²) in [6.45, 7) is 1.92. The Kier molecular flexibility index (Phi) is 4.04. The number of hydrogen-bond acceptors (Lipinski definition) is 3. The van der Waals surface area contributed by atoms with Gasteiger partial charge < -0.3 is 14.2 Å². The first-order valence-electron chi connectivity index (χ1n) is 8.39. The van der Waals surface area contributed by atoms with E-state index in [1.165, 1.54) is 0 Å². The SMILES string of the molecule is COc1ccc(Cl)cc1C(=O)N1C[C@H]2C[C@@H](C1)c1cccc(=O)n1C2. The van der Waals surface area contributed by atoms with Crippen LogP contribution in [0.4, 0.5) is 0 Å². The van der Waals surface area contributed by atoms with Gasteiger partial charge in [0.1, 0.15) is 5.75 Å². The average molecular weight is 359 g/mol. The summed E-state index contributed by atoms with van der Waals surface area (Å²) >= 11 is 6.07. The predicted molar refractivity (Wildman–Crippen MR) is 95.5 cm³/mol. The molecule has 3 heterocycles. The maximum absolute atomic E-state index is 13.1. The van der Waals surface area contributed by atoms with Gasteiger partial charge in [-0.05, 0) is 36.6 Å². The number of halogens is 1. The molecule has 4 rings (SSSR count). The number of aromatic nitrogens is 1. The molecule has 1 amide bonds. The van der Waals surface area contributed by atoms with Crippen LogP contribution in [0.3, 0.4) is 0 Å². The van der Waals surface area contributed by atoms with Crippen LogP contribution < -0.4 is 10.3 Å². The smallest absolute Gasteiger partial charge is 0.257 e. The number of piperidine rings is 1. The third-order valence-electron chi connectivity index (χ3n) is 5.16. The van der Waals surface area contributed by atoms with Crippen molar-refractivity contribution in [2.45, 2.75) is 18.9 Å². The lowest BCUT2D eigenvalue weighted by Crippen LogP contribution is -2.49. The van der Waals surface area contributed by atoms with E-state index in [-0.39, 0.29) is 17.4 Å². The number of ether oxygens (including phenoxy) is 1. The van der Waals surface area contributed by atoms with Gasteiger partial charge in [-0.25, -0.2) is 0 Å². The van der Waals surface area contributed by atoms with Gasteiger partial charge in [-0.15, -0.1) is 0 Å². The fourth-order valence-electron chi connectivity index (χ4n) is 4.08. The summed E-state index contributed by atoms with van der Waals surface area (Å²) in [6.07, 6.45) is 1.01. The van der Waals surface area contributed by atoms with Crippen molar-refractivity contribution in [2.24, 2.45) is 5.92 Å². The minimum absolute atomic E-state index is 0.0449. The molecule has 1 saturated heterocycles. The Balaban J connectivity index is 1.65. The third kappa shape index (κ3) is 2.82. The zero-order valence-corrected chi connectivity index (χ0v) is 14.7. The first-order valence-corrected chi connectivity index (χ1v) is 8.77. The number of carbonyl (C=O) groups excluding carboxylic acids is 1. The Bertz CT molecular complexity index is 892. The number of benzene rings is 1. The number of hydrogen-bond donors (Lipinski definition) is 0. The number of nitrogens with zero attached hydrogens (tertiary/aromatic N) is 2. The second kappa shape index (κ2) is 6.23.